The molecule has 1 aliphatic carbocycles. The van der Waals surface area contributed by atoms with Crippen molar-refractivity contribution in [2.75, 3.05) is 0 Å². The summed E-state index contributed by atoms with van der Waals surface area (Å²) in [6.45, 7) is 3.19. The van der Waals surface area contributed by atoms with Crippen LogP contribution >= 0.6 is 15.9 Å². The first-order chi connectivity index (χ1) is 8.64. The highest BCUT2D eigenvalue weighted by atomic mass is 79.9. The van der Waals surface area contributed by atoms with Crippen LogP contribution in [-0.2, 0) is 12.1 Å². The molecule has 1 aromatic carbocycles. The molecule has 2 N–H and O–H groups in total. The molecule has 0 atom stereocenters. The van der Waals surface area contributed by atoms with E-state index in [1.807, 2.05) is 0 Å². The van der Waals surface area contributed by atoms with E-state index in [2.05, 4.69) is 45.6 Å². The van der Waals surface area contributed by atoms with Crippen LogP contribution in [0.4, 0.5) is 0 Å². The van der Waals surface area contributed by atoms with E-state index in [1.54, 1.807) is 0 Å². The Hall–Kier alpha value is -0.870. The van der Waals surface area contributed by atoms with Gasteiger partial charge in [0.2, 0.25) is 0 Å². The molecule has 4 heteroatoms. The molecular weight excluding hydrogens is 290 g/mol. The van der Waals surface area contributed by atoms with Gasteiger partial charge in [-0.15, -0.1) is 0 Å². The van der Waals surface area contributed by atoms with Crippen molar-refractivity contribution in [2.45, 2.75) is 44.7 Å². The van der Waals surface area contributed by atoms with Gasteiger partial charge in [0.1, 0.15) is 5.82 Å². The fourth-order valence-electron chi connectivity index (χ4n) is 2.71. The molecule has 0 bridgehead atoms. The Morgan fingerprint density at radius 2 is 2.22 bits per heavy atom. The molecule has 1 aliphatic rings. The first-order valence-electron chi connectivity index (χ1n) is 6.59. The second-order valence-electron chi connectivity index (χ2n) is 5.23. The van der Waals surface area contributed by atoms with Crippen LogP contribution in [0.25, 0.3) is 11.0 Å². The maximum atomic E-state index is 6.46. The largest absolute Gasteiger partial charge is 0.326 e. The van der Waals surface area contributed by atoms with Gasteiger partial charge < -0.3 is 10.3 Å². The van der Waals surface area contributed by atoms with Gasteiger partial charge >= 0.3 is 0 Å². The van der Waals surface area contributed by atoms with E-state index in [0.29, 0.717) is 0 Å². The van der Waals surface area contributed by atoms with Crippen molar-refractivity contribution in [1.29, 1.82) is 0 Å². The molecule has 0 unspecified atom stereocenters. The summed E-state index contributed by atoms with van der Waals surface area (Å²) < 4.78 is 3.38. The topological polar surface area (TPSA) is 43.8 Å². The predicted octanol–water partition coefficient (Wildman–Crippen LogP) is 3.55. The first kappa shape index (κ1) is 12.2. The van der Waals surface area contributed by atoms with Crippen molar-refractivity contribution in [3.63, 3.8) is 0 Å². The van der Waals surface area contributed by atoms with Gasteiger partial charge in [-0.3, -0.25) is 0 Å². The zero-order valence-corrected chi connectivity index (χ0v) is 12.2. The molecule has 1 saturated carbocycles. The van der Waals surface area contributed by atoms with Crippen molar-refractivity contribution in [3.8, 4) is 0 Å². The summed E-state index contributed by atoms with van der Waals surface area (Å²) in [6, 6.07) is 6.28. The third kappa shape index (κ3) is 1.79. The van der Waals surface area contributed by atoms with Crippen LogP contribution in [0.15, 0.2) is 22.7 Å². The van der Waals surface area contributed by atoms with Gasteiger partial charge in [-0.05, 0) is 43.9 Å². The Kier molecular flexibility index (Phi) is 2.94. The molecular formula is C14H18BrN3. The third-order valence-corrected chi connectivity index (χ3v) is 4.34. The summed E-state index contributed by atoms with van der Waals surface area (Å²) in [5.41, 5.74) is 8.51. The summed E-state index contributed by atoms with van der Waals surface area (Å²) in [6.07, 6.45) is 4.43. The van der Waals surface area contributed by atoms with Gasteiger partial charge in [-0.25, -0.2) is 4.98 Å². The van der Waals surface area contributed by atoms with E-state index >= 15 is 0 Å². The van der Waals surface area contributed by atoms with Gasteiger partial charge in [-0.2, -0.15) is 0 Å². The van der Waals surface area contributed by atoms with Crippen LogP contribution < -0.4 is 5.73 Å². The zero-order valence-electron chi connectivity index (χ0n) is 10.6. The third-order valence-electron chi connectivity index (χ3n) is 3.85. The van der Waals surface area contributed by atoms with E-state index < -0.39 is 0 Å². The lowest BCUT2D eigenvalue weighted by atomic mass is 9.77. The summed E-state index contributed by atoms with van der Waals surface area (Å²) >= 11 is 3.51. The Bertz CT molecular complexity index is 584. The summed E-state index contributed by atoms with van der Waals surface area (Å²) in [4.78, 5) is 4.79. The Labute approximate surface area is 116 Å². The van der Waals surface area contributed by atoms with E-state index in [0.717, 1.165) is 41.6 Å². The fraction of sp³-hybridized carbons (Fsp3) is 0.500. The lowest BCUT2D eigenvalue weighted by Gasteiger charge is -2.37. The molecule has 18 heavy (non-hydrogen) atoms. The number of nitrogens with two attached hydrogens (primary N) is 1. The monoisotopic (exact) mass is 307 g/mol. The molecule has 0 radical (unpaired) electrons. The Morgan fingerprint density at radius 1 is 1.44 bits per heavy atom. The van der Waals surface area contributed by atoms with Crippen molar-refractivity contribution < 1.29 is 0 Å². The molecule has 96 valence electrons. The van der Waals surface area contributed by atoms with Crippen molar-refractivity contribution in [1.82, 2.24) is 9.55 Å². The second-order valence-corrected chi connectivity index (χ2v) is 6.15. The SMILES string of the molecule is CCCn1c(C2(N)CCC2)nc2cc(Br)ccc21. The Balaban J connectivity index is 2.20. The van der Waals surface area contributed by atoms with E-state index in [1.165, 1.54) is 11.9 Å². The average Bonchev–Trinajstić information content (AvgIpc) is 2.65. The van der Waals surface area contributed by atoms with E-state index in [9.17, 15) is 0 Å². The van der Waals surface area contributed by atoms with Crippen molar-refractivity contribution in [2.24, 2.45) is 5.73 Å². The van der Waals surface area contributed by atoms with Crippen LogP contribution in [-0.4, -0.2) is 9.55 Å². The van der Waals surface area contributed by atoms with Crippen LogP contribution in [0.5, 0.6) is 0 Å². The Morgan fingerprint density at radius 3 is 2.83 bits per heavy atom. The number of aryl methyl sites for hydroxylation is 1. The lowest BCUT2D eigenvalue weighted by Crippen LogP contribution is -2.45. The predicted molar refractivity (Wildman–Crippen MR) is 77.4 cm³/mol. The van der Waals surface area contributed by atoms with Crippen LogP contribution in [0.1, 0.15) is 38.4 Å². The molecule has 0 saturated heterocycles. The number of fused-ring (bicyclic) bond motifs is 1. The quantitative estimate of drug-likeness (QED) is 0.942. The number of hydrogen-bond donors (Lipinski definition) is 1. The number of hydrogen-bond acceptors (Lipinski definition) is 2. The van der Waals surface area contributed by atoms with Crippen LogP contribution in [0.3, 0.4) is 0 Å². The molecule has 0 aliphatic heterocycles. The van der Waals surface area contributed by atoms with Crippen LogP contribution in [0, 0.1) is 0 Å². The number of rotatable bonds is 3. The molecule has 3 nitrogen and oxygen atoms in total. The number of imidazole rings is 1. The second kappa shape index (κ2) is 4.35. The molecule has 3 rings (SSSR count). The van der Waals surface area contributed by atoms with Crippen molar-refractivity contribution in [3.05, 3.63) is 28.5 Å². The van der Waals surface area contributed by atoms with Gasteiger partial charge in [-0.1, -0.05) is 22.9 Å². The zero-order chi connectivity index (χ0) is 12.8. The van der Waals surface area contributed by atoms with Gasteiger partial charge in [0.25, 0.3) is 0 Å². The standard InChI is InChI=1S/C14H18BrN3/c1-2-8-18-12-5-4-10(15)9-11(12)17-13(18)14(16)6-3-7-14/h4-5,9H,2-3,6-8,16H2,1H3. The van der Waals surface area contributed by atoms with Crippen LogP contribution in [0.2, 0.25) is 0 Å². The molecule has 0 amide bonds. The summed E-state index contributed by atoms with van der Waals surface area (Å²) in [5, 5.41) is 0. The van der Waals surface area contributed by atoms with E-state index in [4.69, 9.17) is 10.7 Å². The molecule has 1 heterocycles. The highest BCUT2D eigenvalue weighted by molar-refractivity contribution is 9.10. The smallest absolute Gasteiger partial charge is 0.130 e. The minimum absolute atomic E-state index is 0.194. The van der Waals surface area contributed by atoms with E-state index in [-0.39, 0.29) is 5.54 Å². The highest BCUT2D eigenvalue weighted by Crippen LogP contribution is 2.39. The molecule has 2 aromatic rings. The molecule has 0 spiro atoms. The number of halogens is 1. The normalized spacial score (nSPS) is 17.9. The minimum Gasteiger partial charge on any atom is -0.326 e. The summed E-state index contributed by atoms with van der Waals surface area (Å²) in [5.74, 6) is 1.07. The minimum atomic E-state index is -0.194. The lowest BCUT2D eigenvalue weighted by molar-refractivity contribution is 0.231. The number of aromatic nitrogens is 2. The van der Waals surface area contributed by atoms with Crippen molar-refractivity contribution >= 4 is 27.0 Å². The average molecular weight is 308 g/mol. The first-order valence-corrected chi connectivity index (χ1v) is 7.38. The maximum Gasteiger partial charge on any atom is 0.130 e. The maximum absolute atomic E-state index is 6.46. The summed E-state index contributed by atoms with van der Waals surface area (Å²) in [7, 11) is 0. The number of nitrogens with zero attached hydrogens (tertiary/aromatic N) is 2. The number of benzene rings is 1. The fourth-order valence-corrected chi connectivity index (χ4v) is 3.06. The highest BCUT2D eigenvalue weighted by Gasteiger charge is 2.38. The molecule has 1 fully saturated rings. The van der Waals surface area contributed by atoms with Gasteiger partial charge in [0.15, 0.2) is 0 Å². The molecule has 1 aromatic heterocycles. The van der Waals surface area contributed by atoms with Gasteiger partial charge in [0.05, 0.1) is 16.6 Å². The van der Waals surface area contributed by atoms with Gasteiger partial charge in [0, 0.05) is 11.0 Å².